The number of rotatable bonds is 5. The average Bonchev–Trinajstić information content (AvgIpc) is 2.55. The van der Waals surface area contributed by atoms with Gasteiger partial charge in [-0.3, -0.25) is 0 Å². The van der Waals surface area contributed by atoms with Crippen LogP contribution in [0.25, 0.3) is 0 Å². The second-order valence-electron chi connectivity index (χ2n) is 5.90. The first-order valence-electron chi connectivity index (χ1n) is 7.82. The Hall–Kier alpha value is -1.80. The molecule has 2 nitrogen and oxygen atoms in total. The molecule has 0 radical (unpaired) electrons. The summed E-state index contributed by atoms with van der Waals surface area (Å²) in [6.07, 6.45) is 2.57. The van der Waals surface area contributed by atoms with E-state index >= 15 is 0 Å². The standard InChI is InChI=1S/C19H23NO/c1-15(13-20-14-16-7-3-2-4-8-16)18-12-11-17-9-5-6-10-19(17)21-18/h2-10,15,18,20H,11-14H2,1H3/t15-,18+/m0/s1. The molecule has 3 rings (SSSR count). The molecule has 2 heteroatoms. The van der Waals surface area contributed by atoms with Gasteiger partial charge in [-0.25, -0.2) is 0 Å². The molecule has 1 heterocycles. The minimum absolute atomic E-state index is 0.322. The number of ether oxygens (including phenoxy) is 1. The zero-order chi connectivity index (χ0) is 14.5. The van der Waals surface area contributed by atoms with Gasteiger partial charge < -0.3 is 10.1 Å². The van der Waals surface area contributed by atoms with E-state index in [1.54, 1.807) is 0 Å². The first-order chi connectivity index (χ1) is 10.3. The van der Waals surface area contributed by atoms with Crippen molar-refractivity contribution in [2.45, 2.75) is 32.4 Å². The van der Waals surface area contributed by atoms with E-state index in [0.717, 1.165) is 31.7 Å². The maximum atomic E-state index is 6.16. The molecule has 2 aromatic rings. The van der Waals surface area contributed by atoms with Crippen molar-refractivity contribution in [1.29, 1.82) is 0 Å². The highest BCUT2D eigenvalue weighted by Gasteiger charge is 2.24. The highest BCUT2D eigenvalue weighted by Crippen LogP contribution is 2.29. The van der Waals surface area contributed by atoms with Crippen LogP contribution in [0.3, 0.4) is 0 Å². The largest absolute Gasteiger partial charge is 0.490 e. The summed E-state index contributed by atoms with van der Waals surface area (Å²) in [7, 11) is 0. The van der Waals surface area contributed by atoms with Crippen molar-refractivity contribution in [3.05, 3.63) is 65.7 Å². The Bertz CT molecular complexity index is 567. The number of hydrogen-bond donors (Lipinski definition) is 1. The Labute approximate surface area is 127 Å². The van der Waals surface area contributed by atoms with Gasteiger partial charge in [-0.15, -0.1) is 0 Å². The molecule has 0 bridgehead atoms. The highest BCUT2D eigenvalue weighted by atomic mass is 16.5. The van der Waals surface area contributed by atoms with E-state index in [2.05, 4.69) is 66.8 Å². The smallest absolute Gasteiger partial charge is 0.122 e. The molecule has 0 saturated carbocycles. The lowest BCUT2D eigenvalue weighted by atomic mass is 9.94. The monoisotopic (exact) mass is 281 g/mol. The van der Waals surface area contributed by atoms with E-state index in [9.17, 15) is 0 Å². The second kappa shape index (κ2) is 6.77. The molecule has 0 unspecified atom stereocenters. The average molecular weight is 281 g/mol. The van der Waals surface area contributed by atoms with Gasteiger partial charge in [0.15, 0.2) is 0 Å². The van der Waals surface area contributed by atoms with Gasteiger partial charge in [0.05, 0.1) is 0 Å². The Morgan fingerprint density at radius 3 is 2.71 bits per heavy atom. The minimum Gasteiger partial charge on any atom is -0.490 e. The molecule has 2 aromatic carbocycles. The molecule has 1 aliphatic heterocycles. The van der Waals surface area contributed by atoms with Crippen LogP contribution in [0.4, 0.5) is 0 Å². The molecule has 1 N–H and O–H groups in total. The lowest BCUT2D eigenvalue weighted by Gasteiger charge is -2.30. The SMILES string of the molecule is C[C@@H](CNCc1ccccc1)[C@H]1CCc2ccccc2O1. The predicted octanol–water partition coefficient (Wildman–Crippen LogP) is 3.81. The summed E-state index contributed by atoms with van der Waals surface area (Å²) in [5.74, 6) is 1.59. The van der Waals surface area contributed by atoms with Crippen LogP contribution in [0.2, 0.25) is 0 Å². The fourth-order valence-electron chi connectivity index (χ4n) is 2.92. The van der Waals surface area contributed by atoms with Crippen LogP contribution in [0.1, 0.15) is 24.5 Å². The summed E-state index contributed by atoms with van der Waals surface area (Å²) in [5.41, 5.74) is 2.68. The van der Waals surface area contributed by atoms with Gasteiger partial charge in [0.2, 0.25) is 0 Å². The van der Waals surface area contributed by atoms with Gasteiger partial charge in [-0.05, 0) is 30.0 Å². The Balaban J connectivity index is 1.49. The first-order valence-corrected chi connectivity index (χ1v) is 7.82. The van der Waals surface area contributed by atoms with E-state index in [0.29, 0.717) is 12.0 Å². The minimum atomic E-state index is 0.322. The number of hydrogen-bond acceptors (Lipinski definition) is 2. The maximum Gasteiger partial charge on any atom is 0.122 e. The molecular formula is C19H23NO. The molecule has 110 valence electrons. The maximum absolute atomic E-state index is 6.16. The van der Waals surface area contributed by atoms with E-state index in [1.165, 1.54) is 11.1 Å². The van der Waals surface area contributed by atoms with Crippen LogP contribution in [-0.2, 0) is 13.0 Å². The van der Waals surface area contributed by atoms with Gasteiger partial charge >= 0.3 is 0 Å². The van der Waals surface area contributed by atoms with E-state index < -0.39 is 0 Å². The van der Waals surface area contributed by atoms with Crippen molar-refractivity contribution in [2.24, 2.45) is 5.92 Å². The molecule has 0 fully saturated rings. The Morgan fingerprint density at radius 2 is 1.86 bits per heavy atom. The molecule has 2 atom stereocenters. The molecule has 0 spiro atoms. The third kappa shape index (κ3) is 3.64. The van der Waals surface area contributed by atoms with Crippen LogP contribution < -0.4 is 10.1 Å². The summed E-state index contributed by atoms with van der Waals surface area (Å²) in [6, 6.07) is 18.9. The molecule has 0 amide bonds. The van der Waals surface area contributed by atoms with Crippen LogP contribution in [-0.4, -0.2) is 12.6 Å². The number of fused-ring (bicyclic) bond motifs is 1. The van der Waals surface area contributed by atoms with Crippen LogP contribution in [0.5, 0.6) is 5.75 Å². The Kier molecular flexibility index (Phi) is 4.56. The quantitative estimate of drug-likeness (QED) is 0.900. The van der Waals surface area contributed by atoms with Crippen molar-refractivity contribution in [2.75, 3.05) is 6.54 Å². The topological polar surface area (TPSA) is 21.3 Å². The summed E-state index contributed by atoms with van der Waals surface area (Å²) < 4.78 is 6.16. The lowest BCUT2D eigenvalue weighted by Crippen LogP contribution is -2.35. The van der Waals surface area contributed by atoms with E-state index in [1.807, 2.05) is 0 Å². The third-order valence-electron chi connectivity index (χ3n) is 4.22. The summed E-state index contributed by atoms with van der Waals surface area (Å²) in [4.78, 5) is 0. The van der Waals surface area contributed by atoms with Gasteiger partial charge in [0.25, 0.3) is 0 Å². The number of benzene rings is 2. The van der Waals surface area contributed by atoms with Gasteiger partial charge in [-0.1, -0.05) is 55.5 Å². The number of para-hydroxylation sites is 1. The van der Waals surface area contributed by atoms with Crippen LogP contribution >= 0.6 is 0 Å². The molecule has 0 aromatic heterocycles. The van der Waals surface area contributed by atoms with Gasteiger partial charge in [0.1, 0.15) is 11.9 Å². The third-order valence-corrected chi connectivity index (χ3v) is 4.22. The molecular weight excluding hydrogens is 258 g/mol. The number of aryl methyl sites for hydroxylation is 1. The summed E-state index contributed by atoms with van der Waals surface area (Å²) in [5, 5.41) is 3.54. The molecule has 1 aliphatic rings. The molecule has 0 aliphatic carbocycles. The molecule has 0 saturated heterocycles. The fourth-order valence-corrected chi connectivity index (χ4v) is 2.92. The predicted molar refractivity (Wildman–Crippen MR) is 86.5 cm³/mol. The number of nitrogens with one attached hydrogen (secondary N) is 1. The zero-order valence-corrected chi connectivity index (χ0v) is 12.6. The molecule has 21 heavy (non-hydrogen) atoms. The van der Waals surface area contributed by atoms with Crippen molar-refractivity contribution in [3.63, 3.8) is 0 Å². The van der Waals surface area contributed by atoms with Crippen LogP contribution in [0.15, 0.2) is 54.6 Å². The first kappa shape index (κ1) is 14.2. The summed E-state index contributed by atoms with van der Waals surface area (Å²) >= 11 is 0. The highest BCUT2D eigenvalue weighted by molar-refractivity contribution is 5.35. The van der Waals surface area contributed by atoms with Crippen molar-refractivity contribution < 1.29 is 4.74 Å². The van der Waals surface area contributed by atoms with E-state index in [-0.39, 0.29) is 0 Å². The normalized spacial score (nSPS) is 18.6. The van der Waals surface area contributed by atoms with Crippen LogP contribution in [0, 0.1) is 5.92 Å². The lowest BCUT2D eigenvalue weighted by molar-refractivity contribution is 0.117. The van der Waals surface area contributed by atoms with Crippen molar-refractivity contribution >= 4 is 0 Å². The fraction of sp³-hybridized carbons (Fsp3) is 0.368. The Morgan fingerprint density at radius 1 is 1.10 bits per heavy atom. The van der Waals surface area contributed by atoms with Crippen molar-refractivity contribution in [3.8, 4) is 5.75 Å². The summed E-state index contributed by atoms with van der Waals surface area (Å²) in [6.45, 7) is 4.19. The van der Waals surface area contributed by atoms with Gasteiger partial charge in [-0.2, -0.15) is 0 Å². The van der Waals surface area contributed by atoms with E-state index in [4.69, 9.17) is 4.74 Å². The second-order valence-corrected chi connectivity index (χ2v) is 5.90. The zero-order valence-electron chi connectivity index (χ0n) is 12.6. The van der Waals surface area contributed by atoms with Gasteiger partial charge in [0, 0.05) is 19.0 Å². The van der Waals surface area contributed by atoms with Crippen molar-refractivity contribution in [1.82, 2.24) is 5.32 Å².